The van der Waals surface area contributed by atoms with Crippen LogP contribution in [0.25, 0.3) is 0 Å². The zero-order valence-corrected chi connectivity index (χ0v) is 13.7. The minimum Gasteiger partial charge on any atom is -0.384 e. The first-order valence-corrected chi connectivity index (χ1v) is 7.99. The van der Waals surface area contributed by atoms with Gasteiger partial charge in [-0.3, -0.25) is 4.90 Å². The average molecular weight is 334 g/mol. The molecule has 24 heavy (non-hydrogen) atoms. The fourth-order valence-corrected chi connectivity index (χ4v) is 2.50. The molecule has 2 aromatic heterocycles. The van der Waals surface area contributed by atoms with Crippen LogP contribution < -0.4 is 5.32 Å². The number of aromatic nitrogens is 4. The molecule has 1 aliphatic heterocycles. The number of hydrogen-bond acceptors (Lipinski definition) is 9. The van der Waals surface area contributed by atoms with Crippen molar-refractivity contribution < 1.29 is 14.0 Å². The van der Waals surface area contributed by atoms with Crippen molar-refractivity contribution in [2.45, 2.75) is 19.1 Å². The van der Waals surface area contributed by atoms with E-state index in [0.29, 0.717) is 44.4 Å². The van der Waals surface area contributed by atoms with Crippen molar-refractivity contribution in [3.8, 4) is 0 Å². The van der Waals surface area contributed by atoms with Crippen LogP contribution in [0.15, 0.2) is 22.9 Å². The molecule has 1 N–H and O–H groups in total. The minimum absolute atomic E-state index is 0.0802. The van der Waals surface area contributed by atoms with Crippen LogP contribution in [0.4, 0.5) is 5.82 Å². The quantitative estimate of drug-likeness (QED) is 0.733. The van der Waals surface area contributed by atoms with Crippen molar-refractivity contribution in [1.29, 1.82) is 0 Å². The Morgan fingerprint density at radius 1 is 1.46 bits per heavy atom. The number of hydrogen-bond donors (Lipinski definition) is 1. The minimum atomic E-state index is 0.0802. The van der Waals surface area contributed by atoms with E-state index >= 15 is 0 Å². The Morgan fingerprint density at radius 2 is 2.42 bits per heavy atom. The van der Waals surface area contributed by atoms with E-state index in [1.165, 1.54) is 0 Å². The summed E-state index contributed by atoms with van der Waals surface area (Å²) in [6, 6.07) is 3.73. The molecule has 0 amide bonds. The van der Waals surface area contributed by atoms with Crippen molar-refractivity contribution in [2.24, 2.45) is 0 Å². The lowest BCUT2D eigenvalue weighted by Crippen LogP contribution is -2.44. The zero-order chi connectivity index (χ0) is 16.6. The molecule has 3 rings (SSSR count). The molecule has 3 heterocycles. The van der Waals surface area contributed by atoms with E-state index in [-0.39, 0.29) is 6.10 Å². The first-order chi connectivity index (χ1) is 11.8. The Labute approximate surface area is 140 Å². The van der Waals surface area contributed by atoms with Gasteiger partial charge in [-0.05, 0) is 12.1 Å². The lowest BCUT2D eigenvalue weighted by Gasteiger charge is -2.32. The van der Waals surface area contributed by atoms with Gasteiger partial charge in [-0.15, -0.1) is 5.10 Å². The predicted molar refractivity (Wildman–Crippen MR) is 85.4 cm³/mol. The lowest BCUT2D eigenvalue weighted by molar-refractivity contribution is -0.0268. The van der Waals surface area contributed by atoms with E-state index in [2.05, 4.69) is 30.6 Å². The molecule has 1 atom stereocenters. The Morgan fingerprint density at radius 3 is 3.25 bits per heavy atom. The molecule has 0 bridgehead atoms. The summed E-state index contributed by atoms with van der Waals surface area (Å²) in [7, 11) is 1.66. The third-order valence-electron chi connectivity index (χ3n) is 3.70. The molecule has 0 radical (unpaired) electrons. The Balaban J connectivity index is 1.45. The van der Waals surface area contributed by atoms with Crippen LogP contribution in [0.5, 0.6) is 0 Å². The molecule has 1 fully saturated rings. The van der Waals surface area contributed by atoms with Crippen molar-refractivity contribution in [3.63, 3.8) is 0 Å². The molecule has 1 saturated heterocycles. The summed E-state index contributed by atoms with van der Waals surface area (Å²) in [5.74, 6) is 2.06. The van der Waals surface area contributed by atoms with E-state index in [1.807, 2.05) is 12.1 Å². The Hall–Kier alpha value is -2.10. The fourth-order valence-electron chi connectivity index (χ4n) is 2.50. The summed E-state index contributed by atoms with van der Waals surface area (Å²) in [4.78, 5) is 6.64. The number of rotatable bonds is 8. The Bertz CT molecular complexity index is 608. The average Bonchev–Trinajstić information content (AvgIpc) is 3.07. The summed E-state index contributed by atoms with van der Waals surface area (Å²) in [6.45, 7) is 4.22. The van der Waals surface area contributed by atoms with Gasteiger partial charge in [0, 0.05) is 39.4 Å². The molecular formula is C15H22N6O3. The van der Waals surface area contributed by atoms with E-state index in [1.54, 1.807) is 13.3 Å². The number of nitrogens with one attached hydrogen (secondary N) is 1. The smallest absolute Gasteiger partial charge is 0.240 e. The number of nitrogens with zero attached hydrogens (tertiary/aromatic N) is 5. The molecule has 0 unspecified atom stereocenters. The van der Waals surface area contributed by atoms with Gasteiger partial charge in [0.15, 0.2) is 5.82 Å². The van der Waals surface area contributed by atoms with Crippen molar-refractivity contribution in [1.82, 2.24) is 25.2 Å². The SMILES string of the molecule is COCCc1noc(CN2CCO[C@@H](CNc3cccnn3)C2)n1. The molecule has 0 aromatic carbocycles. The standard InChI is InChI=1S/C15H22N6O3/c1-22-7-4-14-18-15(24-20-14)11-21-6-8-23-12(10-21)9-16-13-3-2-5-17-19-13/h2-3,5,12H,4,6-11H2,1H3,(H,16,19)/t12-/m0/s1. The monoisotopic (exact) mass is 334 g/mol. The first kappa shape index (κ1) is 16.7. The summed E-state index contributed by atoms with van der Waals surface area (Å²) < 4.78 is 16.1. The lowest BCUT2D eigenvalue weighted by atomic mass is 10.2. The molecule has 1 aliphatic rings. The van der Waals surface area contributed by atoms with Crippen LogP contribution in [0, 0.1) is 0 Å². The highest BCUT2D eigenvalue weighted by molar-refractivity contribution is 5.31. The van der Waals surface area contributed by atoms with Gasteiger partial charge in [-0.25, -0.2) is 0 Å². The van der Waals surface area contributed by atoms with Crippen LogP contribution in [-0.2, 0) is 22.4 Å². The highest BCUT2D eigenvalue weighted by Crippen LogP contribution is 2.10. The Kier molecular flexibility index (Phi) is 6.05. The van der Waals surface area contributed by atoms with Gasteiger partial charge >= 0.3 is 0 Å². The number of ether oxygens (including phenoxy) is 2. The topological polar surface area (TPSA) is 98.4 Å². The summed E-state index contributed by atoms with van der Waals surface area (Å²) >= 11 is 0. The van der Waals surface area contributed by atoms with Crippen LogP contribution >= 0.6 is 0 Å². The summed E-state index contributed by atoms with van der Waals surface area (Å²) in [5.41, 5.74) is 0. The van der Waals surface area contributed by atoms with Gasteiger partial charge < -0.3 is 19.3 Å². The van der Waals surface area contributed by atoms with Crippen molar-refractivity contribution >= 4 is 5.82 Å². The van der Waals surface area contributed by atoms with E-state index in [9.17, 15) is 0 Å². The normalized spacial score (nSPS) is 18.6. The van der Waals surface area contributed by atoms with Crippen LogP contribution in [0.2, 0.25) is 0 Å². The molecule has 0 saturated carbocycles. The second kappa shape index (κ2) is 8.67. The largest absolute Gasteiger partial charge is 0.384 e. The van der Waals surface area contributed by atoms with Gasteiger partial charge in [0.1, 0.15) is 5.82 Å². The van der Waals surface area contributed by atoms with E-state index in [0.717, 1.165) is 18.9 Å². The molecule has 9 nitrogen and oxygen atoms in total. The number of morpholine rings is 1. The zero-order valence-electron chi connectivity index (χ0n) is 13.7. The third kappa shape index (κ3) is 4.95. The van der Waals surface area contributed by atoms with E-state index < -0.39 is 0 Å². The maximum absolute atomic E-state index is 5.79. The summed E-state index contributed by atoms with van der Waals surface area (Å²) in [5, 5.41) is 15.0. The maximum atomic E-state index is 5.79. The predicted octanol–water partition coefficient (Wildman–Crippen LogP) is 0.361. The maximum Gasteiger partial charge on any atom is 0.240 e. The second-order valence-electron chi connectivity index (χ2n) is 5.56. The first-order valence-electron chi connectivity index (χ1n) is 7.99. The van der Waals surface area contributed by atoms with Crippen LogP contribution in [0.1, 0.15) is 11.7 Å². The molecule has 2 aromatic rings. The van der Waals surface area contributed by atoms with Gasteiger partial charge in [0.05, 0.1) is 25.9 Å². The van der Waals surface area contributed by atoms with Gasteiger partial charge in [-0.1, -0.05) is 5.16 Å². The van der Waals surface area contributed by atoms with Gasteiger partial charge in [-0.2, -0.15) is 10.1 Å². The molecule has 0 aliphatic carbocycles. The molecular weight excluding hydrogens is 312 g/mol. The highest BCUT2D eigenvalue weighted by atomic mass is 16.5. The van der Waals surface area contributed by atoms with Crippen molar-refractivity contribution in [3.05, 3.63) is 30.0 Å². The highest BCUT2D eigenvalue weighted by Gasteiger charge is 2.22. The third-order valence-corrected chi connectivity index (χ3v) is 3.70. The van der Waals surface area contributed by atoms with E-state index in [4.69, 9.17) is 14.0 Å². The van der Waals surface area contributed by atoms with Gasteiger partial charge in [0.25, 0.3) is 0 Å². The van der Waals surface area contributed by atoms with Crippen LogP contribution in [-0.4, -0.2) is 71.3 Å². The van der Waals surface area contributed by atoms with Gasteiger partial charge in [0.2, 0.25) is 5.89 Å². The van der Waals surface area contributed by atoms with Crippen LogP contribution in [0.3, 0.4) is 0 Å². The number of methoxy groups -OCH3 is 1. The molecule has 0 spiro atoms. The second-order valence-corrected chi connectivity index (χ2v) is 5.56. The molecule has 130 valence electrons. The molecule has 9 heteroatoms. The van der Waals surface area contributed by atoms with Crippen molar-refractivity contribution in [2.75, 3.05) is 45.3 Å². The fraction of sp³-hybridized carbons (Fsp3) is 0.600. The summed E-state index contributed by atoms with van der Waals surface area (Å²) in [6.07, 6.45) is 2.39. The number of anilines is 1.